The number of carbonyl (C=O) groups is 1. The fourth-order valence-corrected chi connectivity index (χ4v) is 2.97. The highest BCUT2D eigenvalue weighted by atomic mass is 127. The number of hydrogen-bond donors (Lipinski definition) is 2. The molecule has 0 radical (unpaired) electrons. The maximum Gasteiger partial charge on any atom is 0.407 e. The first kappa shape index (κ1) is 21.2. The zero-order valence-electron chi connectivity index (χ0n) is 15.7. The van der Waals surface area contributed by atoms with Crippen LogP contribution in [0.4, 0.5) is 4.79 Å². The van der Waals surface area contributed by atoms with Crippen LogP contribution in [-0.2, 0) is 11.3 Å². The smallest absolute Gasteiger partial charge is 0.407 e. The maximum atomic E-state index is 11.9. The highest BCUT2D eigenvalue weighted by Crippen LogP contribution is 2.18. The van der Waals surface area contributed by atoms with Crippen LogP contribution in [0.25, 0.3) is 0 Å². The van der Waals surface area contributed by atoms with E-state index in [-0.39, 0.29) is 11.6 Å². The van der Waals surface area contributed by atoms with E-state index in [9.17, 15) is 4.79 Å². The van der Waals surface area contributed by atoms with Crippen molar-refractivity contribution in [2.45, 2.75) is 65.6 Å². The molecule has 0 saturated heterocycles. The minimum Gasteiger partial charge on any atom is -0.444 e. The number of ether oxygens (including phenoxy) is 1. The Morgan fingerprint density at radius 3 is 2.25 bits per heavy atom. The van der Waals surface area contributed by atoms with Crippen molar-refractivity contribution in [3.05, 3.63) is 33.4 Å². The van der Waals surface area contributed by atoms with Gasteiger partial charge in [0, 0.05) is 22.2 Å². The number of halogens is 1. The highest BCUT2D eigenvalue weighted by Gasteiger charge is 2.26. The molecule has 1 aromatic carbocycles. The van der Waals surface area contributed by atoms with E-state index in [1.807, 2.05) is 20.8 Å². The summed E-state index contributed by atoms with van der Waals surface area (Å²) in [5.41, 5.74) is 0.573. The van der Waals surface area contributed by atoms with Crippen LogP contribution < -0.4 is 10.6 Å². The monoisotopic (exact) mass is 446 g/mol. The Bertz CT molecular complexity index is 523. The summed E-state index contributed by atoms with van der Waals surface area (Å²) in [7, 11) is 0. The average molecular weight is 446 g/mol. The summed E-state index contributed by atoms with van der Waals surface area (Å²) >= 11 is 2.31. The van der Waals surface area contributed by atoms with Gasteiger partial charge in [0.15, 0.2) is 0 Å². The average Bonchev–Trinajstić information content (AvgIpc) is 2.42. The van der Waals surface area contributed by atoms with E-state index >= 15 is 0 Å². The van der Waals surface area contributed by atoms with Crippen LogP contribution in [-0.4, -0.2) is 23.8 Å². The predicted octanol–water partition coefficient (Wildman–Crippen LogP) is 4.71. The van der Waals surface area contributed by atoms with Crippen LogP contribution in [0.3, 0.4) is 0 Å². The Labute approximate surface area is 160 Å². The molecule has 1 unspecified atom stereocenters. The lowest BCUT2D eigenvalue weighted by Gasteiger charge is -2.33. The summed E-state index contributed by atoms with van der Waals surface area (Å²) < 4.78 is 6.56. The van der Waals surface area contributed by atoms with Crippen LogP contribution in [0, 0.1) is 9.49 Å². The third-order valence-corrected chi connectivity index (χ3v) is 4.23. The molecule has 1 rings (SSSR count). The minimum atomic E-state index is -0.479. The molecular weight excluding hydrogens is 415 g/mol. The van der Waals surface area contributed by atoms with E-state index in [0.717, 1.165) is 13.0 Å². The first-order valence-corrected chi connectivity index (χ1v) is 9.53. The first-order valence-electron chi connectivity index (χ1n) is 8.45. The van der Waals surface area contributed by atoms with E-state index in [0.29, 0.717) is 12.5 Å². The summed E-state index contributed by atoms with van der Waals surface area (Å²) in [5.74, 6) is 0.527. The molecule has 136 valence electrons. The van der Waals surface area contributed by atoms with Gasteiger partial charge in [-0.15, -0.1) is 0 Å². The third kappa shape index (κ3) is 8.87. The van der Waals surface area contributed by atoms with Crippen molar-refractivity contribution >= 4 is 28.7 Å². The largest absolute Gasteiger partial charge is 0.444 e. The molecule has 24 heavy (non-hydrogen) atoms. The van der Waals surface area contributed by atoms with Crippen molar-refractivity contribution in [2.24, 2.45) is 5.92 Å². The molecule has 0 saturated carbocycles. The van der Waals surface area contributed by atoms with Crippen LogP contribution >= 0.6 is 22.6 Å². The maximum absolute atomic E-state index is 11.9. The summed E-state index contributed by atoms with van der Waals surface area (Å²) in [4.78, 5) is 11.9. The molecular formula is C19H31IN2O2. The number of hydrogen-bond acceptors (Lipinski definition) is 3. The standard InChI is InChI=1S/C19H31IN2O2/c1-14(2)11-19(6,13-21-17(23)24-18(3,4)5)22-12-15-7-9-16(20)10-8-15/h7-10,14,22H,11-13H2,1-6H3,(H,21,23). The minimum absolute atomic E-state index is 0.186. The van der Waals surface area contributed by atoms with Crippen molar-refractivity contribution in [1.29, 1.82) is 0 Å². The van der Waals surface area contributed by atoms with E-state index < -0.39 is 5.60 Å². The molecule has 1 atom stereocenters. The second-order valence-electron chi connectivity index (χ2n) is 7.99. The Morgan fingerprint density at radius 1 is 1.17 bits per heavy atom. The van der Waals surface area contributed by atoms with Crippen molar-refractivity contribution in [3.8, 4) is 0 Å². The van der Waals surface area contributed by atoms with E-state index in [2.05, 4.69) is 78.3 Å². The third-order valence-electron chi connectivity index (χ3n) is 3.51. The first-order chi connectivity index (χ1) is 11.0. The highest BCUT2D eigenvalue weighted by molar-refractivity contribution is 14.1. The lowest BCUT2D eigenvalue weighted by atomic mass is 9.90. The lowest BCUT2D eigenvalue weighted by Crippen LogP contribution is -2.52. The molecule has 2 N–H and O–H groups in total. The molecule has 5 heteroatoms. The number of amides is 1. The lowest BCUT2D eigenvalue weighted by molar-refractivity contribution is 0.0507. The molecule has 0 aliphatic rings. The fraction of sp³-hybridized carbons (Fsp3) is 0.632. The van der Waals surface area contributed by atoms with Crippen LogP contribution in [0.2, 0.25) is 0 Å². The Kier molecular flexibility index (Phi) is 7.99. The molecule has 0 fully saturated rings. The van der Waals surface area contributed by atoms with E-state index in [4.69, 9.17) is 4.74 Å². The molecule has 0 bridgehead atoms. The second kappa shape index (κ2) is 9.04. The van der Waals surface area contributed by atoms with Gasteiger partial charge in [-0.05, 0) is 80.3 Å². The molecule has 1 aromatic rings. The quantitative estimate of drug-likeness (QED) is 0.597. The molecule has 1 amide bonds. The van der Waals surface area contributed by atoms with Gasteiger partial charge >= 0.3 is 6.09 Å². The summed E-state index contributed by atoms with van der Waals surface area (Å²) in [5, 5.41) is 6.51. The molecule has 0 heterocycles. The molecule has 0 aromatic heterocycles. The van der Waals surface area contributed by atoms with Gasteiger partial charge in [-0.25, -0.2) is 4.79 Å². The molecule has 0 aliphatic heterocycles. The zero-order valence-corrected chi connectivity index (χ0v) is 17.9. The Balaban J connectivity index is 2.64. The second-order valence-corrected chi connectivity index (χ2v) is 9.24. The number of carbonyl (C=O) groups excluding carboxylic acids is 1. The van der Waals surface area contributed by atoms with Crippen LogP contribution in [0.1, 0.15) is 53.5 Å². The molecule has 4 nitrogen and oxygen atoms in total. The van der Waals surface area contributed by atoms with Crippen LogP contribution in [0.15, 0.2) is 24.3 Å². The van der Waals surface area contributed by atoms with Crippen molar-refractivity contribution in [1.82, 2.24) is 10.6 Å². The van der Waals surface area contributed by atoms with Gasteiger partial charge in [0.2, 0.25) is 0 Å². The van der Waals surface area contributed by atoms with Crippen molar-refractivity contribution in [2.75, 3.05) is 6.54 Å². The number of alkyl carbamates (subject to hydrolysis) is 1. The van der Waals surface area contributed by atoms with Gasteiger partial charge in [-0.2, -0.15) is 0 Å². The van der Waals surface area contributed by atoms with Crippen molar-refractivity contribution in [3.63, 3.8) is 0 Å². The van der Waals surface area contributed by atoms with Gasteiger partial charge in [0.25, 0.3) is 0 Å². The number of nitrogens with one attached hydrogen (secondary N) is 2. The fourth-order valence-electron chi connectivity index (χ4n) is 2.61. The van der Waals surface area contributed by atoms with Gasteiger partial charge in [0.1, 0.15) is 5.60 Å². The van der Waals surface area contributed by atoms with Gasteiger partial charge in [-0.3, -0.25) is 0 Å². The SMILES string of the molecule is CC(C)CC(C)(CNC(=O)OC(C)(C)C)NCc1ccc(I)cc1. The van der Waals surface area contributed by atoms with E-state index in [1.165, 1.54) is 9.13 Å². The van der Waals surface area contributed by atoms with Crippen LogP contribution in [0.5, 0.6) is 0 Å². The summed E-state index contributed by atoms with van der Waals surface area (Å²) in [6.45, 7) is 13.5. The summed E-state index contributed by atoms with van der Waals surface area (Å²) in [6.07, 6.45) is 0.598. The predicted molar refractivity (Wildman–Crippen MR) is 108 cm³/mol. The Morgan fingerprint density at radius 2 is 1.75 bits per heavy atom. The van der Waals surface area contributed by atoms with Gasteiger partial charge < -0.3 is 15.4 Å². The molecule has 0 spiro atoms. The number of benzene rings is 1. The number of rotatable bonds is 7. The normalized spacial score (nSPS) is 14.3. The van der Waals surface area contributed by atoms with Gasteiger partial charge in [-0.1, -0.05) is 26.0 Å². The van der Waals surface area contributed by atoms with Crippen molar-refractivity contribution < 1.29 is 9.53 Å². The Hall–Kier alpha value is -0.820. The van der Waals surface area contributed by atoms with E-state index in [1.54, 1.807) is 0 Å². The zero-order chi connectivity index (χ0) is 18.4. The van der Waals surface area contributed by atoms with Gasteiger partial charge in [0.05, 0.1) is 0 Å². The molecule has 0 aliphatic carbocycles. The summed E-state index contributed by atoms with van der Waals surface area (Å²) in [6, 6.07) is 8.48. The topological polar surface area (TPSA) is 50.4 Å².